The Balaban J connectivity index is 2.01. The second kappa shape index (κ2) is 5.29. The molecule has 1 aliphatic heterocycles. The van der Waals surface area contributed by atoms with Gasteiger partial charge >= 0.3 is 0 Å². The zero-order valence-corrected chi connectivity index (χ0v) is 14.0. The molecule has 3 nitrogen and oxygen atoms in total. The third-order valence-corrected chi connectivity index (χ3v) is 4.60. The maximum atomic E-state index is 12.6. The van der Waals surface area contributed by atoms with Crippen molar-refractivity contribution >= 4 is 55.9 Å². The summed E-state index contributed by atoms with van der Waals surface area (Å²) in [6, 6.07) is 11.0. The third kappa shape index (κ3) is 2.52. The Hall–Kier alpha value is -1.21. The molecule has 20 heavy (non-hydrogen) atoms. The van der Waals surface area contributed by atoms with Gasteiger partial charge in [0.05, 0.1) is 6.42 Å². The molecular weight excluding hydrogens is 433 g/mol. The van der Waals surface area contributed by atoms with E-state index in [0.29, 0.717) is 17.5 Å². The molecule has 0 radical (unpaired) electrons. The van der Waals surface area contributed by atoms with Crippen LogP contribution in [0.1, 0.15) is 21.5 Å². The van der Waals surface area contributed by atoms with E-state index in [1.165, 1.54) is 0 Å². The van der Waals surface area contributed by atoms with Crippen LogP contribution in [0.3, 0.4) is 0 Å². The largest absolute Gasteiger partial charge is 0.326 e. The summed E-state index contributed by atoms with van der Waals surface area (Å²) in [5, 5.41) is 2.76. The molecule has 0 spiro atoms. The van der Waals surface area contributed by atoms with Crippen LogP contribution >= 0.6 is 38.5 Å². The van der Waals surface area contributed by atoms with E-state index in [1.807, 2.05) is 18.2 Å². The summed E-state index contributed by atoms with van der Waals surface area (Å²) in [7, 11) is 0. The fourth-order valence-corrected chi connectivity index (χ4v) is 3.14. The van der Waals surface area contributed by atoms with E-state index in [4.69, 9.17) is 0 Å². The van der Waals surface area contributed by atoms with Crippen LogP contribution in [0.2, 0.25) is 0 Å². The lowest BCUT2D eigenvalue weighted by atomic mass is 10.0. The van der Waals surface area contributed by atoms with Gasteiger partial charge in [-0.05, 0) is 64.6 Å². The monoisotopic (exact) mass is 441 g/mol. The van der Waals surface area contributed by atoms with E-state index in [9.17, 15) is 9.59 Å². The van der Waals surface area contributed by atoms with Crippen LogP contribution in [0.25, 0.3) is 0 Å². The minimum Gasteiger partial charge on any atom is -0.326 e. The van der Waals surface area contributed by atoms with Crippen molar-refractivity contribution in [1.29, 1.82) is 0 Å². The summed E-state index contributed by atoms with van der Waals surface area (Å²) >= 11 is 5.54. The number of nitrogens with one attached hydrogen (secondary N) is 1. The second-order valence-electron chi connectivity index (χ2n) is 4.55. The molecule has 0 bridgehead atoms. The second-order valence-corrected chi connectivity index (χ2v) is 6.63. The minimum atomic E-state index is -0.0298. The number of carbonyl (C=O) groups excluding carboxylic acids is 2. The predicted octanol–water partition coefficient (Wildman–Crippen LogP) is 3.78. The van der Waals surface area contributed by atoms with Crippen LogP contribution < -0.4 is 5.32 Å². The molecule has 0 fully saturated rings. The average Bonchev–Trinajstić information content (AvgIpc) is 2.79. The molecule has 1 amide bonds. The molecule has 1 N–H and O–H groups in total. The average molecular weight is 442 g/mol. The molecule has 2 aromatic rings. The molecule has 1 heterocycles. The predicted molar refractivity (Wildman–Crippen MR) is 89.1 cm³/mol. The molecule has 2 aromatic carbocycles. The quantitative estimate of drug-likeness (QED) is 0.569. The van der Waals surface area contributed by atoms with Crippen molar-refractivity contribution in [3.8, 4) is 0 Å². The topological polar surface area (TPSA) is 46.2 Å². The number of ketones is 1. The molecule has 0 saturated heterocycles. The van der Waals surface area contributed by atoms with Gasteiger partial charge in [-0.1, -0.05) is 15.9 Å². The summed E-state index contributed by atoms with van der Waals surface area (Å²) in [5.74, 6) is -0.0560. The van der Waals surface area contributed by atoms with Gasteiger partial charge in [-0.3, -0.25) is 9.59 Å². The van der Waals surface area contributed by atoms with E-state index in [1.54, 1.807) is 18.2 Å². The number of rotatable bonds is 2. The van der Waals surface area contributed by atoms with E-state index < -0.39 is 0 Å². The van der Waals surface area contributed by atoms with Gasteiger partial charge < -0.3 is 5.32 Å². The third-order valence-electron chi connectivity index (χ3n) is 3.17. The minimum absolute atomic E-state index is 0.0263. The van der Waals surface area contributed by atoms with Gasteiger partial charge in [0.15, 0.2) is 5.78 Å². The standard InChI is InChI=1S/C15H9BrINO2/c16-10-2-3-12(17)11(7-10)15(20)8-1-4-13-9(5-8)6-14(19)18-13/h1-5,7H,6H2,(H,18,19). The van der Waals surface area contributed by atoms with Crippen LogP contribution in [-0.4, -0.2) is 11.7 Å². The maximum Gasteiger partial charge on any atom is 0.228 e. The molecule has 0 aliphatic carbocycles. The fourth-order valence-electron chi connectivity index (χ4n) is 2.20. The normalized spacial score (nSPS) is 13.0. The zero-order chi connectivity index (χ0) is 14.3. The van der Waals surface area contributed by atoms with Crippen molar-refractivity contribution < 1.29 is 9.59 Å². The van der Waals surface area contributed by atoms with Crippen LogP contribution in [0.15, 0.2) is 40.9 Å². The highest BCUT2D eigenvalue weighted by Gasteiger charge is 2.20. The maximum absolute atomic E-state index is 12.6. The Morgan fingerprint density at radius 3 is 2.80 bits per heavy atom. The van der Waals surface area contributed by atoms with E-state index in [-0.39, 0.29) is 11.7 Å². The Bertz CT molecular complexity index is 743. The van der Waals surface area contributed by atoms with Crippen molar-refractivity contribution in [3.05, 3.63) is 61.1 Å². The van der Waals surface area contributed by atoms with Crippen LogP contribution in [0, 0.1) is 3.57 Å². The molecule has 100 valence electrons. The first-order chi connectivity index (χ1) is 9.54. The van der Waals surface area contributed by atoms with Gasteiger partial charge in [0.25, 0.3) is 0 Å². The van der Waals surface area contributed by atoms with Crippen molar-refractivity contribution in [2.24, 2.45) is 0 Å². The molecule has 1 aliphatic rings. The summed E-state index contributed by atoms with van der Waals surface area (Å²) < 4.78 is 1.78. The Kier molecular flexibility index (Phi) is 3.64. The SMILES string of the molecule is O=C1Cc2cc(C(=O)c3cc(Br)ccc3I)ccc2N1. The number of carbonyl (C=O) groups is 2. The Morgan fingerprint density at radius 2 is 2.00 bits per heavy atom. The van der Waals surface area contributed by atoms with Crippen LogP contribution in [0.5, 0.6) is 0 Å². The van der Waals surface area contributed by atoms with Gasteiger partial charge in [0, 0.05) is 24.9 Å². The van der Waals surface area contributed by atoms with E-state index in [2.05, 4.69) is 43.8 Å². The highest BCUT2D eigenvalue weighted by Crippen LogP contribution is 2.26. The number of amides is 1. The Morgan fingerprint density at radius 1 is 1.20 bits per heavy atom. The van der Waals surface area contributed by atoms with E-state index >= 15 is 0 Å². The first-order valence-electron chi connectivity index (χ1n) is 5.97. The van der Waals surface area contributed by atoms with Gasteiger partial charge in [0.2, 0.25) is 5.91 Å². The van der Waals surface area contributed by atoms with Gasteiger partial charge in [0.1, 0.15) is 0 Å². The summed E-state index contributed by atoms with van der Waals surface area (Å²) in [4.78, 5) is 23.9. The first-order valence-corrected chi connectivity index (χ1v) is 7.84. The van der Waals surface area contributed by atoms with Gasteiger partial charge in [-0.15, -0.1) is 0 Å². The lowest BCUT2D eigenvalue weighted by Crippen LogP contribution is -2.04. The van der Waals surface area contributed by atoms with Gasteiger partial charge in [-0.25, -0.2) is 0 Å². The van der Waals surface area contributed by atoms with Crippen molar-refractivity contribution in [1.82, 2.24) is 0 Å². The number of hydrogen-bond donors (Lipinski definition) is 1. The highest BCUT2D eigenvalue weighted by atomic mass is 127. The Labute approximate surface area is 138 Å². The molecule has 0 atom stereocenters. The van der Waals surface area contributed by atoms with Crippen LogP contribution in [-0.2, 0) is 11.2 Å². The van der Waals surface area contributed by atoms with Gasteiger partial charge in [-0.2, -0.15) is 0 Å². The fraction of sp³-hybridized carbons (Fsp3) is 0.0667. The molecule has 0 unspecified atom stereocenters. The smallest absolute Gasteiger partial charge is 0.228 e. The van der Waals surface area contributed by atoms with Crippen molar-refractivity contribution in [2.45, 2.75) is 6.42 Å². The molecular formula is C15H9BrINO2. The van der Waals surface area contributed by atoms with E-state index in [0.717, 1.165) is 19.3 Å². The summed E-state index contributed by atoms with van der Waals surface area (Å²) in [6.45, 7) is 0. The summed E-state index contributed by atoms with van der Waals surface area (Å²) in [5.41, 5.74) is 2.95. The number of hydrogen-bond acceptors (Lipinski definition) is 2. The lowest BCUT2D eigenvalue weighted by Gasteiger charge is -2.06. The van der Waals surface area contributed by atoms with Crippen molar-refractivity contribution in [3.63, 3.8) is 0 Å². The number of fused-ring (bicyclic) bond motifs is 1. The summed E-state index contributed by atoms with van der Waals surface area (Å²) in [6.07, 6.45) is 0.339. The molecule has 0 aromatic heterocycles. The number of anilines is 1. The van der Waals surface area contributed by atoms with Crippen LogP contribution in [0.4, 0.5) is 5.69 Å². The number of benzene rings is 2. The van der Waals surface area contributed by atoms with Crippen molar-refractivity contribution in [2.75, 3.05) is 5.32 Å². The number of halogens is 2. The first kappa shape index (κ1) is 13.8. The molecule has 3 rings (SSSR count). The highest BCUT2D eigenvalue weighted by molar-refractivity contribution is 14.1. The lowest BCUT2D eigenvalue weighted by molar-refractivity contribution is -0.115. The zero-order valence-electron chi connectivity index (χ0n) is 10.2. The molecule has 5 heteroatoms. The molecule has 0 saturated carbocycles.